The van der Waals surface area contributed by atoms with Crippen molar-refractivity contribution in [3.63, 3.8) is 0 Å². The van der Waals surface area contributed by atoms with Crippen LogP contribution >= 0.6 is 23.4 Å². The largest absolute Gasteiger partial charge is 0.486 e. The van der Waals surface area contributed by atoms with E-state index < -0.39 is 0 Å². The van der Waals surface area contributed by atoms with E-state index in [1.54, 1.807) is 12.1 Å². The Labute approximate surface area is 174 Å². The maximum absolute atomic E-state index is 12.4. The van der Waals surface area contributed by atoms with Gasteiger partial charge in [0.2, 0.25) is 5.91 Å². The zero-order chi connectivity index (χ0) is 19.5. The quantitative estimate of drug-likeness (QED) is 0.655. The number of thioether (sulfide) groups is 1. The fourth-order valence-corrected chi connectivity index (χ4v) is 5.29. The average Bonchev–Trinajstić information content (AvgIpc) is 3.41. The number of halogens is 1. The van der Waals surface area contributed by atoms with Gasteiger partial charge in [0, 0.05) is 17.6 Å². The van der Waals surface area contributed by atoms with E-state index in [9.17, 15) is 4.79 Å². The lowest BCUT2D eigenvalue weighted by Crippen LogP contribution is -2.39. The van der Waals surface area contributed by atoms with E-state index in [-0.39, 0.29) is 5.91 Å². The molecule has 0 saturated heterocycles. The minimum absolute atomic E-state index is 0.0900. The van der Waals surface area contributed by atoms with Crippen LogP contribution in [0.5, 0.6) is 5.75 Å². The first-order chi connectivity index (χ1) is 13.6. The van der Waals surface area contributed by atoms with Gasteiger partial charge in [-0.1, -0.05) is 29.8 Å². The summed E-state index contributed by atoms with van der Waals surface area (Å²) < 4.78 is 7.77. The third-order valence-corrected chi connectivity index (χ3v) is 6.93. The van der Waals surface area contributed by atoms with Gasteiger partial charge in [-0.15, -0.1) is 10.2 Å². The van der Waals surface area contributed by atoms with E-state index in [2.05, 4.69) is 15.5 Å². The smallest absolute Gasteiger partial charge is 0.230 e. The topological polar surface area (TPSA) is 69.0 Å². The number of benzene rings is 1. The van der Waals surface area contributed by atoms with Gasteiger partial charge in [0.05, 0.1) is 5.75 Å². The van der Waals surface area contributed by atoms with Crippen LogP contribution in [0.1, 0.15) is 38.4 Å². The van der Waals surface area contributed by atoms with Crippen LogP contribution in [0, 0.1) is 11.8 Å². The zero-order valence-corrected chi connectivity index (χ0v) is 17.5. The average molecular weight is 421 g/mol. The zero-order valence-electron chi connectivity index (χ0n) is 15.9. The lowest BCUT2D eigenvalue weighted by molar-refractivity contribution is -0.119. The number of nitrogens with one attached hydrogen (secondary N) is 1. The van der Waals surface area contributed by atoms with Crippen molar-refractivity contribution in [2.24, 2.45) is 11.8 Å². The van der Waals surface area contributed by atoms with Crippen molar-refractivity contribution >= 4 is 29.3 Å². The van der Waals surface area contributed by atoms with E-state index >= 15 is 0 Å². The maximum Gasteiger partial charge on any atom is 0.230 e. The Morgan fingerprint density at radius 3 is 2.79 bits per heavy atom. The number of amides is 1. The predicted octanol–water partition coefficient (Wildman–Crippen LogP) is 3.93. The highest BCUT2D eigenvalue weighted by molar-refractivity contribution is 7.99. The lowest BCUT2D eigenvalue weighted by atomic mass is 9.95. The molecule has 1 aromatic carbocycles. The van der Waals surface area contributed by atoms with Crippen molar-refractivity contribution in [2.45, 2.75) is 57.0 Å². The van der Waals surface area contributed by atoms with Gasteiger partial charge in [0.1, 0.15) is 12.4 Å². The highest BCUT2D eigenvalue weighted by atomic mass is 35.5. The molecule has 2 aliphatic rings. The van der Waals surface area contributed by atoms with Crippen LogP contribution in [0.25, 0.3) is 0 Å². The van der Waals surface area contributed by atoms with Gasteiger partial charge in [-0.05, 0) is 62.3 Å². The normalized spacial score (nSPS) is 23.1. The van der Waals surface area contributed by atoms with Gasteiger partial charge in [-0.25, -0.2) is 0 Å². The molecule has 0 aliphatic heterocycles. The van der Waals surface area contributed by atoms with Gasteiger partial charge < -0.3 is 14.6 Å². The molecule has 150 valence electrons. The van der Waals surface area contributed by atoms with Crippen LogP contribution in [-0.4, -0.2) is 32.5 Å². The molecule has 2 bridgehead atoms. The van der Waals surface area contributed by atoms with E-state index in [1.807, 2.05) is 23.6 Å². The monoisotopic (exact) mass is 420 g/mol. The highest BCUT2D eigenvalue weighted by Crippen LogP contribution is 2.44. The van der Waals surface area contributed by atoms with Crippen molar-refractivity contribution in [3.05, 3.63) is 35.1 Å². The fraction of sp³-hybridized carbons (Fsp3) is 0.550. The van der Waals surface area contributed by atoms with E-state index in [1.165, 1.54) is 31.0 Å². The van der Waals surface area contributed by atoms with Gasteiger partial charge in [-0.2, -0.15) is 0 Å². The van der Waals surface area contributed by atoms with E-state index in [0.29, 0.717) is 29.3 Å². The second kappa shape index (κ2) is 8.74. The van der Waals surface area contributed by atoms with Gasteiger partial charge in [-0.3, -0.25) is 4.79 Å². The molecular weight excluding hydrogens is 396 g/mol. The SMILES string of the molecule is CCn1c(COc2ccc(Cl)cc2)nnc1SCC(=O)NC1CC2CCC1C2. The van der Waals surface area contributed by atoms with Crippen molar-refractivity contribution in [2.75, 3.05) is 5.75 Å². The molecule has 3 unspecified atom stereocenters. The van der Waals surface area contributed by atoms with Crippen LogP contribution in [0.3, 0.4) is 0 Å². The Hall–Kier alpha value is -1.73. The molecule has 0 spiro atoms. The Balaban J connectivity index is 1.29. The van der Waals surface area contributed by atoms with Crippen molar-refractivity contribution in [1.82, 2.24) is 20.1 Å². The number of carbonyl (C=O) groups is 1. The minimum atomic E-state index is 0.0900. The van der Waals surface area contributed by atoms with Crippen LogP contribution in [0.4, 0.5) is 0 Å². The molecule has 6 nitrogen and oxygen atoms in total. The van der Waals surface area contributed by atoms with Crippen molar-refractivity contribution < 1.29 is 9.53 Å². The molecule has 1 amide bonds. The molecule has 2 aliphatic carbocycles. The fourth-order valence-electron chi connectivity index (χ4n) is 4.33. The second-order valence-corrected chi connectivity index (χ2v) is 8.90. The summed E-state index contributed by atoms with van der Waals surface area (Å²) in [6, 6.07) is 7.60. The molecule has 2 aromatic rings. The number of rotatable bonds is 8. The van der Waals surface area contributed by atoms with E-state index in [0.717, 1.165) is 35.6 Å². The standard InChI is InChI=1S/C20H25ClN4O2S/c1-2-25-18(11-27-16-7-5-15(21)6-8-16)23-24-20(25)28-12-19(26)22-17-10-13-3-4-14(17)9-13/h5-8,13-14,17H,2-4,9-12H2,1H3,(H,22,26). The Bertz CT molecular complexity index is 826. The molecule has 4 rings (SSSR count). The number of nitrogens with zero attached hydrogens (tertiary/aromatic N) is 3. The molecule has 28 heavy (non-hydrogen) atoms. The summed E-state index contributed by atoms with van der Waals surface area (Å²) in [6.45, 7) is 3.08. The summed E-state index contributed by atoms with van der Waals surface area (Å²) in [5.41, 5.74) is 0. The Morgan fingerprint density at radius 2 is 2.11 bits per heavy atom. The van der Waals surface area contributed by atoms with Gasteiger partial charge in [0.15, 0.2) is 11.0 Å². The predicted molar refractivity (Wildman–Crippen MR) is 110 cm³/mol. The molecule has 0 radical (unpaired) electrons. The molecule has 2 saturated carbocycles. The first-order valence-electron chi connectivity index (χ1n) is 9.85. The van der Waals surface area contributed by atoms with Crippen LogP contribution in [-0.2, 0) is 17.9 Å². The summed E-state index contributed by atoms with van der Waals surface area (Å²) in [6.07, 6.45) is 5.05. The number of fused-ring (bicyclic) bond motifs is 2. The number of aromatic nitrogens is 3. The summed E-state index contributed by atoms with van der Waals surface area (Å²) >= 11 is 7.33. The number of carbonyl (C=O) groups excluding carboxylic acids is 1. The number of ether oxygens (including phenoxy) is 1. The summed E-state index contributed by atoms with van der Waals surface area (Å²) in [5.74, 6) is 3.45. The van der Waals surface area contributed by atoms with Crippen molar-refractivity contribution in [1.29, 1.82) is 0 Å². The molecule has 1 N–H and O–H groups in total. The first kappa shape index (κ1) is 19.6. The lowest BCUT2D eigenvalue weighted by Gasteiger charge is -2.22. The number of hydrogen-bond acceptors (Lipinski definition) is 5. The number of hydrogen-bond donors (Lipinski definition) is 1. The van der Waals surface area contributed by atoms with Gasteiger partial charge in [0.25, 0.3) is 0 Å². The molecule has 2 fully saturated rings. The maximum atomic E-state index is 12.4. The van der Waals surface area contributed by atoms with Crippen molar-refractivity contribution in [3.8, 4) is 5.75 Å². The van der Waals surface area contributed by atoms with Crippen LogP contribution < -0.4 is 10.1 Å². The van der Waals surface area contributed by atoms with Gasteiger partial charge >= 0.3 is 0 Å². The molecule has 8 heteroatoms. The highest BCUT2D eigenvalue weighted by Gasteiger charge is 2.40. The summed E-state index contributed by atoms with van der Waals surface area (Å²) in [4.78, 5) is 12.4. The summed E-state index contributed by atoms with van der Waals surface area (Å²) in [7, 11) is 0. The second-order valence-electron chi connectivity index (χ2n) is 7.52. The molecular formula is C20H25ClN4O2S. The van der Waals surface area contributed by atoms with Crippen LogP contribution in [0.2, 0.25) is 5.02 Å². The molecule has 1 heterocycles. The van der Waals surface area contributed by atoms with E-state index in [4.69, 9.17) is 16.3 Å². The third-order valence-electron chi connectivity index (χ3n) is 5.71. The summed E-state index contributed by atoms with van der Waals surface area (Å²) in [5, 5.41) is 13.1. The third kappa shape index (κ3) is 4.46. The minimum Gasteiger partial charge on any atom is -0.486 e. The molecule has 3 atom stereocenters. The Kier molecular flexibility index (Phi) is 6.11. The van der Waals surface area contributed by atoms with Crippen LogP contribution in [0.15, 0.2) is 29.4 Å². The Morgan fingerprint density at radius 1 is 1.29 bits per heavy atom. The molecule has 1 aromatic heterocycles. The first-order valence-corrected chi connectivity index (χ1v) is 11.2.